The fourth-order valence-electron chi connectivity index (χ4n) is 9.89. The number of carboxylic acids is 2. The second kappa shape index (κ2) is 58.1. The number of esters is 1. The van der Waals surface area contributed by atoms with Gasteiger partial charge in [0.25, 0.3) is 0 Å². The number of carbonyl (C=O) groups is 3. The maximum atomic E-state index is 13.0. The van der Waals surface area contributed by atoms with Gasteiger partial charge in [0.05, 0.1) is 6.10 Å². The SMILES string of the molecule is C1CCOC1.I[I-]I(I)I(I)I(I)I(I)I(I)I(I)I(I)I(I)I(I)I.Ic1ccccc1.N[C@@H](Cc1ccccc1)C(=O)O.O=C(O)[C@H](Cc1ccccc1)Nc1ccccc1.O=C(O[C@H]1CN2CCC1CC2)[C@H](Cc1ccccc1)Nc1ccccc1.O[C@H]1CN2CCC1CC2. The summed E-state index contributed by atoms with van der Waals surface area (Å²) in [5.41, 5.74) is 10.2. The Morgan fingerprint density at radius 1 is 0.510 bits per heavy atom. The molecule has 0 radical (unpaired) electrons. The third-order valence-electron chi connectivity index (χ3n) is 14.7. The van der Waals surface area contributed by atoms with Gasteiger partial charge >= 0.3 is 307 Å². The van der Waals surface area contributed by atoms with E-state index in [1.54, 1.807) is 0 Å². The Bertz CT molecular complexity index is 3020. The van der Waals surface area contributed by atoms with Gasteiger partial charge in [-0.2, -0.15) is 0 Å². The zero-order valence-electron chi connectivity index (χ0n) is 52.1. The second-order valence-electron chi connectivity index (χ2n) is 21.4. The van der Waals surface area contributed by atoms with Gasteiger partial charge in [-0.25, -0.2) is 9.59 Å². The summed E-state index contributed by atoms with van der Waals surface area (Å²) in [5, 5.41) is 33.5. The Hall–Kier alpha value is 9.19. The number of aliphatic hydroxyl groups is 1. The molecule has 7 fully saturated rings. The zero-order chi connectivity index (χ0) is 71.4. The monoisotopic (exact) mass is 3820 g/mol. The topological polar surface area (TPSA) is 187 Å². The number of aliphatic hydroxyl groups excluding tert-OH is 1. The minimum Gasteiger partial charge on any atom is -0.480 e. The summed E-state index contributed by atoms with van der Waals surface area (Å²) >= 11 is 36.5. The number of carbonyl (C=O) groups excluding carboxylic acids is 1. The number of piperidine rings is 6. The van der Waals surface area contributed by atoms with Gasteiger partial charge in [-0.3, -0.25) is 9.69 Å². The Labute approximate surface area is 740 Å². The molecule has 35 heteroatoms. The molecule has 6 aromatic carbocycles. The predicted molar refractivity (Wildman–Crippen MR) is 595 cm³/mol. The Kier molecular flexibility index (Phi) is 58.0. The van der Waals surface area contributed by atoms with Crippen molar-refractivity contribution in [3.8, 4) is 0 Å². The van der Waals surface area contributed by atoms with Crippen molar-refractivity contribution in [3.05, 3.63) is 202 Å². The molecule has 7 saturated heterocycles. The number of halogens is 22. The van der Waals surface area contributed by atoms with Gasteiger partial charge in [0.15, 0.2) is 0 Å². The van der Waals surface area contributed by atoms with Crippen LogP contribution in [-0.2, 0) is 43.1 Å². The number of nitrogens with two attached hydrogens (primary N) is 1. The first-order chi connectivity index (χ1) is 47.0. The van der Waals surface area contributed by atoms with Crippen molar-refractivity contribution in [2.24, 2.45) is 17.6 Å². The molecule has 7 aliphatic rings. The van der Waals surface area contributed by atoms with Crippen LogP contribution < -0.4 is 29.6 Å². The Morgan fingerprint density at radius 2 is 0.878 bits per heavy atom. The standard InChI is InChI=1S/C22H26N2O2.C15H15NO2.C9H11NO2.C7H13NO.C6H5I.C4H8O.I21/c25-22(26-21-16-24-13-11-18(21)12-14-24)20(15-17-7-3-1-4-8-17)23-19-9-5-2-6-10-19;17-15(18)14(11-12-7-3-1-4-8-12)16-13-9-5-2-6-10-13;10-8(9(11)12)6-7-4-2-1-3-5-7;9-7-5-8-3-1-6(7)2-4-8;7-6-4-2-1-3-5-6;1-2-4-5-3-1;1-12-14(4)16(6)18(8)20(10)21(11)19(9)17(7)15(5)13(2)3/h1-10,18,20-21,23H,11-16H2;1-10,14,16H,11H2,(H,17,18);1-5,8H,6,10H2,(H,11,12);6-7,9H,1-5H2;1-5H;1-4H2;/q;;;;;;-1/t20-,21-;14-;8-;7-;;;/m0000.../s1. The summed E-state index contributed by atoms with van der Waals surface area (Å²) in [5.74, 6) is -0.786. The second-order valence-corrected chi connectivity index (χ2v) is 478. The number of hydrogen-bond acceptors (Lipinski definition) is 11. The molecule has 0 spiro atoms. The summed E-state index contributed by atoms with van der Waals surface area (Å²) < 4.78 is 12.2. The summed E-state index contributed by atoms with van der Waals surface area (Å²) in [4.78, 5) is 39.4. The average molecular weight is 3830 g/mol. The Morgan fingerprint density at radius 3 is 1.19 bits per heavy atom. The molecule has 13 rings (SSSR count). The van der Waals surface area contributed by atoms with Gasteiger partial charge in [0.2, 0.25) is 0 Å². The average Bonchev–Trinajstić information content (AvgIpc) is 0.899. The quantitative estimate of drug-likeness (QED) is 0.0263. The number of hydrogen-bond donors (Lipinski definition) is 6. The van der Waals surface area contributed by atoms with E-state index in [0.29, 0.717) is 44.4 Å². The van der Waals surface area contributed by atoms with Gasteiger partial charge in [-0.15, -0.1) is 0 Å². The fraction of sp³-hybridized carbons (Fsp3) is 0.381. The summed E-state index contributed by atoms with van der Waals surface area (Å²) in [6, 6.07) is 56.8. The zero-order valence-corrected chi connectivity index (χ0v) is 99.5. The van der Waals surface area contributed by atoms with Crippen molar-refractivity contribution in [2.75, 3.05) is 63.1 Å². The van der Waals surface area contributed by atoms with Crippen LogP contribution in [0.2, 0.25) is 0 Å². The van der Waals surface area contributed by atoms with Crippen molar-refractivity contribution < 1.29 is 52.4 Å². The van der Waals surface area contributed by atoms with Crippen LogP contribution in [0.15, 0.2) is 182 Å². The molecule has 6 aromatic rings. The maximum Gasteiger partial charge on any atom is 0.329 e. The van der Waals surface area contributed by atoms with E-state index in [1.165, 1.54) is 42.3 Å². The first-order valence-corrected chi connectivity index (χ1v) is 157. The molecule has 98 heavy (non-hydrogen) atoms. The number of nitrogens with one attached hydrogen (secondary N) is 2. The van der Waals surface area contributed by atoms with Crippen molar-refractivity contribution in [2.45, 2.75) is 88.1 Å². The van der Waals surface area contributed by atoms with Crippen LogP contribution >= 0.6 is 298 Å². The molecule has 0 saturated carbocycles. The minimum atomic E-state index is -0.959. The van der Waals surface area contributed by atoms with Gasteiger partial charge in [-0.1, -0.05) is 146 Å². The smallest absolute Gasteiger partial charge is 0.329 e. The third-order valence-corrected chi connectivity index (χ3v) is 1420. The molecule has 0 amide bonds. The van der Waals surface area contributed by atoms with E-state index in [9.17, 15) is 24.6 Å². The number of benzene rings is 6. The summed E-state index contributed by atoms with van der Waals surface area (Å²) in [7, 11) is -3.51. The van der Waals surface area contributed by atoms with Gasteiger partial charge in [-0.05, 0) is 159 Å². The third kappa shape index (κ3) is 40.4. The van der Waals surface area contributed by atoms with Crippen LogP contribution in [0.3, 0.4) is 0 Å². The predicted octanol–water partition coefficient (Wildman–Crippen LogP) is 24.7. The normalized spacial score (nSPS) is 20.7. The van der Waals surface area contributed by atoms with Crippen LogP contribution in [0.5, 0.6) is 0 Å². The molecule has 558 valence electrons. The van der Waals surface area contributed by atoms with Crippen molar-refractivity contribution in [1.82, 2.24) is 9.80 Å². The van der Waals surface area contributed by atoms with Crippen molar-refractivity contribution in [3.63, 3.8) is 0 Å². The van der Waals surface area contributed by atoms with Gasteiger partial charge in [0.1, 0.15) is 24.2 Å². The summed E-state index contributed by atoms with van der Waals surface area (Å²) in [6.45, 7) is 8.57. The molecule has 5 atom stereocenters. The number of rotatable bonds is 23. The molecular weight excluding hydrogens is 3750 g/mol. The number of carboxylic acid groups (broad SMARTS) is 2. The van der Waals surface area contributed by atoms with E-state index in [-0.39, 0.29) is 55.8 Å². The van der Waals surface area contributed by atoms with E-state index >= 15 is 0 Å². The van der Waals surface area contributed by atoms with Crippen LogP contribution in [0, 0.1) is 15.4 Å². The van der Waals surface area contributed by atoms with Crippen LogP contribution in [0.4, 0.5) is 11.4 Å². The molecule has 0 unspecified atom stereocenters. The molecule has 7 N–H and O–H groups in total. The first kappa shape index (κ1) is 97.8. The van der Waals surface area contributed by atoms with E-state index in [4.69, 9.17) is 20.3 Å². The van der Waals surface area contributed by atoms with Crippen molar-refractivity contribution >= 4 is 328 Å². The molecule has 7 aliphatic heterocycles. The van der Waals surface area contributed by atoms with Crippen molar-refractivity contribution in [1.29, 1.82) is 0 Å². The first-order valence-electron chi connectivity index (χ1n) is 29.9. The van der Waals surface area contributed by atoms with E-state index in [1.807, 2.05) is 158 Å². The van der Waals surface area contributed by atoms with E-state index in [2.05, 4.69) is 272 Å². The number of nitrogens with zero attached hydrogens (tertiary/aromatic N) is 2. The number of aliphatic carboxylic acids is 2. The Balaban J connectivity index is 0.000000218. The van der Waals surface area contributed by atoms with Crippen LogP contribution in [0.1, 0.15) is 55.2 Å². The maximum absolute atomic E-state index is 13.0. The molecule has 4 bridgehead atoms. The fourth-order valence-corrected chi connectivity index (χ4v) is 3150. The van der Waals surface area contributed by atoms with Gasteiger partial charge in [0, 0.05) is 54.1 Å². The molecule has 7 heterocycles. The van der Waals surface area contributed by atoms with Crippen LogP contribution in [-0.4, -0.2) is 126 Å². The molecular formula is C63H78I22N5O8-. The number of fused-ring (bicyclic) bond motifs is 6. The molecule has 0 aromatic heterocycles. The number of anilines is 2. The summed E-state index contributed by atoms with van der Waals surface area (Å²) in [6.07, 6.45) is 8.80. The number of ether oxygens (including phenoxy) is 2. The largest absolute Gasteiger partial charge is 0.480 e. The van der Waals surface area contributed by atoms with E-state index < -0.39 is 63.5 Å². The number of para-hydroxylation sites is 2. The van der Waals surface area contributed by atoms with Crippen LogP contribution in [0.25, 0.3) is 0 Å². The minimum absolute atomic E-state index is 0.00694. The van der Waals surface area contributed by atoms with E-state index in [0.717, 1.165) is 80.3 Å². The molecule has 13 nitrogen and oxygen atoms in total. The van der Waals surface area contributed by atoms with Gasteiger partial charge < -0.3 is 46.1 Å². The molecule has 0 aliphatic carbocycles.